The Kier molecular flexibility index (Phi) is 2.80. The van der Waals surface area contributed by atoms with Gasteiger partial charge in [-0.1, -0.05) is 30.3 Å². The van der Waals surface area contributed by atoms with Crippen LogP contribution in [0.25, 0.3) is 10.9 Å². The lowest BCUT2D eigenvalue weighted by molar-refractivity contribution is 0.831. The zero-order valence-electron chi connectivity index (χ0n) is 9.56. The van der Waals surface area contributed by atoms with Gasteiger partial charge in [0.2, 0.25) is 0 Å². The quantitative estimate of drug-likeness (QED) is 0.776. The van der Waals surface area contributed by atoms with Gasteiger partial charge in [-0.05, 0) is 27.6 Å². The summed E-state index contributed by atoms with van der Waals surface area (Å²) in [4.78, 5) is 14.6. The van der Waals surface area contributed by atoms with Gasteiger partial charge in [-0.3, -0.25) is 4.79 Å². The minimum atomic E-state index is -0.0610. The Morgan fingerprint density at radius 2 is 1.94 bits per heavy atom. The maximum Gasteiger partial charge on any atom is 0.272 e. The molecule has 1 N–H and O–H groups in total. The van der Waals surface area contributed by atoms with Gasteiger partial charge in [-0.25, -0.2) is 0 Å². The average Bonchev–Trinajstić information content (AvgIpc) is 2.80. The standard InChI is InChI=1S/C14H11BrN2O/c15-12-8-16-14(18)13-11(12)6-7-17(13)9-10-4-2-1-3-5-10/h1-8H,9H2,(H,16,18). The Morgan fingerprint density at radius 3 is 2.72 bits per heavy atom. The number of nitrogens with zero attached hydrogens (tertiary/aromatic N) is 1. The summed E-state index contributed by atoms with van der Waals surface area (Å²) in [5.74, 6) is 0. The van der Waals surface area contributed by atoms with Crippen LogP contribution in [0, 0.1) is 0 Å². The van der Waals surface area contributed by atoms with Crippen molar-refractivity contribution in [3.63, 3.8) is 0 Å². The molecule has 3 aromatic rings. The zero-order valence-corrected chi connectivity index (χ0v) is 11.1. The Hall–Kier alpha value is -1.81. The first-order valence-electron chi connectivity index (χ1n) is 5.65. The van der Waals surface area contributed by atoms with Gasteiger partial charge in [0, 0.05) is 28.8 Å². The van der Waals surface area contributed by atoms with Crippen LogP contribution in [0.2, 0.25) is 0 Å². The highest BCUT2D eigenvalue weighted by Crippen LogP contribution is 2.21. The van der Waals surface area contributed by atoms with E-state index < -0.39 is 0 Å². The van der Waals surface area contributed by atoms with Crippen LogP contribution in [0.15, 0.2) is 58.1 Å². The van der Waals surface area contributed by atoms with Gasteiger partial charge < -0.3 is 9.55 Å². The second-order valence-corrected chi connectivity index (χ2v) is 5.01. The molecule has 0 unspecified atom stereocenters. The van der Waals surface area contributed by atoms with Crippen molar-refractivity contribution in [1.29, 1.82) is 0 Å². The number of hydrogen-bond acceptors (Lipinski definition) is 1. The smallest absolute Gasteiger partial charge is 0.272 e. The van der Waals surface area contributed by atoms with E-state index in [1.807, 2.05) is 35.0 Å². The molecule has 0 aliphatic rings. The molecule has 4 heteroatoms. The average molecular weight is 303 g/mol. The topological polar surface area (TPSA) is 37.8 Å². The monoisotopic (exact) mass is 302 g/mol. The fraction of sp³-hybridized carbons (Fsp3) is 0.0714. The minimum absolute atomic E-state index is 0.0610. The molecule has 0 saturated carbocycles. The fourth-order valence-corrected chi connectivity index (χ4v) is 2.54. The number of rotatable bonds is 2. The van der Waals surface area contributed by atoms with Gasteiger partial charge in [0.1, 0.15) is 5.52 Å². The summed E-state index contributed by atoms with van der Waals surface area (Å²) in [5, 5.41) is 0.940. The van der Waals surface area contributed by atoms with E-state index in [0.29, 0.717) is 12.1 Å². The SMILES string of the molecule is O=c1[nH]cc(Br)c2ccn(Cc3ccccc3)c12. The lowest BCUT2D eigenvalue weighted by Crippen LogP contribution is -2.11. The van der Waals surface area contributed by atoms with Crippen molar-refractivity contribution in [3.8, 4) is 0 Å². The van der Waals surface area contributed by atoms with E-state index in [9.17, 15) is 4.79 Å². The van der Waals surface area contributed by atoms with E-state index in [2.05, 4.69) is 33.0 Å². The Balaban J connectivity index is 2.14. The molecule has 0 fully saturated rings. The number of halogens is 1. The number of H-pyrrole nitrogens is 1. The van der Waals surface area contributed by atoms with Crippen LogP contribution in [0.1, 0.15) is 5.56 Å². The van der Waals surface area contributed by atoms with E-state index in [-0.39, 0.29) is 5.56 Å². The predicted octanol–water partition coefficient (Wildman–Crippen LogP) is 3.14. The third kappa shape index (κ3) is 1.88. The van der Waals surface area contributed by atoms with Gasteiger partial charge >= 0.3 is 0 Å². The van der Waals surface area contributed by atoms with Crippen molar-refractivity contribution in [2.45, 2.75) is 6.54 Å². The summed E-state index contributed by atoms with van der Waals surface area (Å²) < 4.78 is 2.87. The maximum absolute atomic E-state index is 11.9. The molecule has 0 amide bonds. The molecule has 18 heavy (non-hydrogen) atoms. The summed E-state index contributed by atoms with van der Waals surface area (Å²) in [6.07, 6.45) is 3.62. The summed E-state index contributed by atoms with van der Waals surface area (Å²) in [6, 6.07) is 12.1. The third-order valence-electron chi connectivity index (χ3n) is 2.96. The van der Waals surface area contributed by atoms with E-state index in [1.165, 1.54) is 5.56 Å². The fourth-order valence-electron chi connectivity index (χ4n) is 2.11. The second-order valence-electron chi connectivity index (χ2n) is 4.16. The molecule has 2 heterocycles. The van der Waals surface area contributed by atoms with Gasteiger partial charge in [0.25, 0.3) is 5.56 Å². The summed E-state index contributed by atoms with van der Waals surface area (Å²) in [7, 11) is 0. The van der Waals surface area contributed by atoms with E-state index in [0.717, 1.165) is 9.86 Å². The van der Waals surface area contributed by atoms with Gasteiger partial charge in [-0.2, -0.15) is 0 Å². The van der Waals surface area contributed by atoms with Crippen LogP contribution >= 0.6 is 15.9 Å². The summed E-state index contributed by atoms with van der Waals surface area (Å²) in [5.41, 5.74) is 1.82. The highest BCUT2D eigenvalue weighted by Gasteiger charge is 2.08. The first-order chi connectivity index (χ1) is 8.75. The molecule has 3 rings (SSSR count). The summed E-state index contributed by atoms with van der Waals surface area (Å²) >= 11 is 3.45. The Bertz CT molecular complexity index is 743. The molecule has 3 nitrogen and oxygen atoms in total. The third-order valence-corrected chi connectivity index (χ3v) is 3.62. The van der Waals surface area contributed by atoms with Gasteiger partial charge in [0.05, 0.1) is 0 Å². The molecule has 0 bridgehead atoms. The van der Waals surface area contributed by atoms with Crippen molar-refractivity contribution in [2.75, 3.05) is 0 Å². The highest BCUT2D eigenvalue weighted by molar-refractivity contribution is 9.10. The van der Waals surface area contributed by atoms with Crippen molar-refractivity contribution in [2.24, 2.45) is 0 Å². The summed E-state index contributed by atoms with van der Waals surface area (Å²) in [6.45, 7) is 0.698. The van der Waals surface area contributed by atoms with Crippen LogP contribution < -0.4 is 5.56 Å². The molecular formula is C14H11BrN2O. The molecular weight excluding hydrogens is 292 g/mol. The van der Waals surface area contributed by atoms with Crippen LogP contribution in [0.5, 0.6) is 0 Å². The lowest BCUT2D eigenvalue weighted by Gasteiger charge is -2.05. The van der Waals surface area contributed by atoms with Gasteiger partial charge in [0.15, 0.2) is 0 Å². The van der Waals surface area contributed by atoms with Crippen molar-refractivity contribution < 1.29 is 0 Å². The molecule has 2 aromatic heterocycles. The number of aromatic nitrogens is 2. The molecule has 0 aliphatic heterocycles. The van der Waals surface area contributed by atoms with Crippen molar-refractivity contribution in [3.05, 3.63) is 69.2 Å². The van der Waals surface area contributed by atoms with Crippen molar-refractivity contribution >= 4 is 26.8 Å². The Morgan fingerprint density at radius 1 is 1.17 bits per heavy atom. The normalized spacial score (nSPS) is 10.9. The Labute approximate surface area is 112 Å². The lowest BCUT2D eigenvalue weighted by atomic mass is 10.2. The number of benzene rings is 1. The van der Waals surface area contributed by atoms with Crippen LogP contribution in [-0.4, -0.2) is 9.55 Å². The molecule has 0 atom stereocenters. The molecule has 1 aromatic carbocycles. The van der Waals surface area contributed by atoms with Crippen molar-refractivity contribution in [1.82, 2.24) is 9.55 Å². The van der Waals surface area contributed by atoms with E-state index in [1.54, 1.807) is 6.20 Å². The number of aromatic amines is 1. The maximum atomic E-state index is 11.9. The highest BCUT2D eigenvalue weighted by atomic mass is 79.9. The molecule has 0 radical (unpaired) electrons. The molecule has 90 valence electrons. The predicted molar refractivity (Wildman–Crippen MR) is 75.8 cm³/mol. The number of fused-ring (bicyclic) bond motifs is 1. The number of hydrogen-bond donors (Lipinski definition) is 1. The first-order valence-corrected chi connectivity index (χ1v) is 6.45. The molecule has 0 spiro atoms. The molecule has 0 aliphatic carbocycles. The zero-order chi connectivity index (χ0) is 12.5. The minimum Gasteiger partial charge on any atom is -0.339 e. The van der Waals surface area contributed by atoms with Gasteiger partial charge in [-0.15, -0.1) is 0 Å². The van der Waals surface area contributed by atoms with Crippen LogP contribution in [0.3, 0.4) is 0 Å². The number of pyridine rings is 1. The second kappa shape index (κ2) is 4.46. The molecule has 0 saturated heterocycles. The largest absolute Gasteiger partial charge is 0.339 e. The van der Waals surface area contributed by atoms with Crippen LogP contribution in [-0.2, 0) is 6.54 Å². The van der Waals surface area contributed by atoms with E-state index >= 15 is 0 Å². The van der Waals surface area contributed by atoms with Crippen LogP contribution in [0.4, 0.5) is 0 Å². The van der Waals surface area contributed by atoms with E-state index in [4.69, 9.17) is 0 Å². The number of nitrogens with one attached hydrogen (secondary N) is 1. The first kappa shape index (κ1) is 11.3.